The van der Waals surface area contributed by atoms with Crippen LogP contribution in [0.2, 0.25) is 10.6 Å². The minimum atomic E-state index is 0.438. The van der Waals surface area contributed by atoms with Crippen LogP contribution in [0.1, 0.15) is 18.5 Å². The Hall–Kier alpha value is -1.24. The quantitative estimate of drug-likeness (QED) is 0.780. The van der Waals surface area contributed by atoms with E-state index in [2.05, 4.69) is 72.9 Å². The second kappa shape index (κ2) is 7.25. The molecule has 2 aromatic rings. The van der Waals surface area contributed by atoms with Gasteiger partial charge in [0.2, 0.25) is 0 Å². The van der Waals surface area contributed by atoms with Gasteiger partial charge < -0.3 is 0 Å². The molecule has 18 heavy (non-hydrogen) atoms. The maximum atomic E-state index is 3.65. The number of para-hydroxylation sites is 1. The average molecular weight is 304 g/mol. The zero-order chi connectivity index (χ0) is 12.6. The van der Waals surface area contributed by atoms with Crippen LogP contribution in [0.5, 0.6) is 0 Å². The molecule has 0 fully saturated rings. The Morgan fingerprint density at radius 2 is 1.56 bits per heavy atom. The van der Waals surface area contributed by atoms with Gasteiger partial charge in [0.15, 0.2) is 0 Å². The number of rotatable bonds is 6. The molecule has 1 atom stereocenters. The molecule has 0 saturated carbocycles. The van der Waals surface area contributed by atoms with E-state index in [4.69, 9.17) is 0 Å². The average Bonchev–Trinajstić information content (AvgIpc) is 2.45. The van der Waals surface area contributed by atoms with Gasteiger partial charge in [-0.1, -0.05) is 0 Å². The standard InChI is InChI=1S/C16H19NSe/c1-2-18-13-16(14-9-5-3-6-10-14)17-15-11-7-4-8-12-15/h3-12,16-17H,2,13H2,1H3. The molecule has 0 bridgehead atoms. The predicted molar refractivity (Wildman–Crippen MR) is 80.3 cm³/mol. The summed E-state index contributed by atoms with van der Waals surface area (Å²) in [6.45, 7) is 2.27. The Labute approximate surface area is 116 Å². The molecule has 2 aromatic carbocycles. The van der Waals surface area contributed by atoms with Crippen LogP contribution in [0.15, 0.2) is 60.7 Å². The van der Waals surface area contributed by atoms with E-state index in [1.165, 1.54) is 21.9 Å². The number of anilines is 1. The van der Waals surface area contributed by atoms with Crippen molar-refractivity contribution in [2.45, 2.75) is 23.6 Å². The van der Waals surface area contributed by atoms with Crippen LogP contribution < -0.4 is 5.32 Å². The molecule has 1 nitrogen and oxygen atoms in total. The Morgan fingerprint density at radius 1 is 0.944 bits per heavy atom. The van der Waals surface area contributed by atoms with Gasteiger partial charge in [-0.05, 0) is 0 Å². The van der Waals surface area contributed by atoms with Gasteiger partial charge >= 0.3 is 116 Å². The SMILES string of the molecule is CC[Se]CC(Nc1ccccc1)c1ccccc1. The normalized spacial score (nSPS) is 12.1. The van der Waals surface area contributed by atoms with Crippen LogP contribution >= 0.6 is 0 Å². The van der Waals surface area contributed by atoms with Gasteiger partial charge in [-0.2, -0.15) is 0 Å². The van der Waals surface area contributed by atoms with E-state index in [0.717, 1.165) is 0 Å². The van der Waals surface area contributed by atoms with E-state index in [-0.39, 0.29) is 0 Å². The molecule has 0 radical (unpaired) electrons. The maximum absolute atomic E-state index is 3.65. The fourth-order valence-corrected chi connectivity index (χ4v) is 3.45. The topological polar surface area (TPSA) is 12.0 Å². The first-order chi connectivity index (χ1) is 8.90. The van der Waals surface area contributed by atoms with Crippen LogP contribution in [0, 0.1) is 0 Å². The van der Waals surface area contributed by atoms with Crippen molar-refractivity contribution in [3.8, 4) is 0 Å². The van der Waals surface area contributed by atoms with Gasteiger partial charge in [-0.25, -0.2) is 0 Å². The fourth-order valence-electron chi connectivity index (χ4n) is 1.88. The number of hydrogen-bond acceptors (Lipinski definition) is 1. The summed E-state index contributed by atoms with van der Waals surface area (Å²) in [5.41, 5.74) is 2.59. The molecular weight excluding hydrogens is 285 g/mol. The molecule has 0 spiro atoms. The number of hydrogen-bond donors (Lipinski definition) is 1. The van der Waals surface area contributed by atoms with E-state index in [1.807, 2.05) is 0 Å². The number of nitrogens with one attached hydrogen (secondary N) is 1. The molecule has 2 heteroatoms. The molecule has 2 rings (SSSR count). The van der Waals surface area contributed by atoms with E-state index >= 15 is 0 Å². The van der Waals surface area contributed by atoms with Crippen molar-refractivity contribution < 1.29 is 0 Å². The Kier molecular flexibility index (Phi) is 5.32. The molecule has 1 unspecified atom stereocenters. The van der Waals surface area contributed by atoms with Crippen molar-refractivity contribution in [2.75, 3.05) is 5.32 Å². The molecular formula is C16H19NSe. The minimum absolute atomic E-state index is 0.438. The molecule has 94 valence electrons. The van der Waals surface area contributed by atoms with Crippen molar-refractivity contribution in [1.29, 1.82) is 0 Å². The van der Waals surface area contributed by atoms with E-state index < -0.39 is 0 Å². The van der Waals surface area contributed by atoms with E-state index in [0.29, 0.717) is 21.0 Å². The Morgan fingerprint density at radius 3 is 2.17 bits per heavy atom. The molecule has 0 heterocycles. The van der Waals surface area contributed by atoms with Crippen molar-refractivity contribution in [2.24, 2.45) is 0 Å². The summed E-state index contributed by atoms with van der Waals surface area (Å²) < 4.78 is 0. The summed E-state index contributed by atoms with van der Waals surface area (Å²) in [4.78, 5) is 0. The number of benzene rings is 2. The second-order valence-electron chi connectivity index (χ2n) is 4.13. The van der Waals surface area contributed by atoms with Crippen molar-refractivity contribution >= 4 is 20.6 Å². The zero-order valence-corrected chi connectivity index (χ0v) is 12.4. The molecule has 0 amide bonds. The molecule has 0 aliphatic carbocycles. The Bertz CT molecular complexity index is 441. The summed E-state index contributed by atoms with van der Waals surface area (Å²) in [6.07, 6.45) is 0. The monoisotopic (exact) mass is 305 g/mol. The van der Waals surface area contributed by atoms with Gasteiger partial charge in [0.25, 0.3) is 0 Å². The molecule has 1 N–H and O–H groups in total. The van der Waals surface area contributed by atoms with E-state index in [1.54, 1.807) is 0 Å². The predicted octanol–water partition coefficient (Wildman–Crippen LogP) is 4.40. The first-order valence-corrected chi connectivity index (χ1v) is 8.76. The third kappa shape index (κ3) is 3.90. The van der Waals surface area contributed by atoms with Gasteiger partial charge in [0, 0.05) is 0 Å². The third-order valence-electron chi connectivity index (χ3n) is 2.81. The first-order valence-electron chi connectivity index (χ1n) is 6.34. The summed E-state index contributed by atoms with van der Waals surface area (Å²) in [6, 6.07) is 21.7. The summed E-state index contributed by atoms with van der Waals surface area (Å²) >= 11 is 0.711. The molecule has 0 saturated heterocycles. The van der Waals surface area contributed by atoms with Crippen LogP contribution in [0.25, 0.3) is 0 Å². The van der Waals surface area contributed by atoms with Crippen LogP contribution in [0.4, 0.5) is 5.69 Å². The van der Waals surface area contributed by atoms with Gasteiger partial charge in [-0.15, -0.1) is 0 Å². The van der Waals surface area contributed by atoms with E-state index in [9.17, 15) is 0 Å². The summed E-state index contributed by atoms with van der Waals surface area (Å²) in [7, 11) is 0. The zero-order valence-electron chi connectivity index (χ0n) is 10.7. The van der Waals surface area contributed by atoms with Crippen molar-refractivity contribution in [1.82, 2.24) is 0 Å². The van der Waals surface area contributed by atoms with Gasteiger partial charge in [-0.3, -0.25) is 0 Å². The van der Waals surface area contributed by atoms with Crippen LogP contribution in [-0.4, -0.2) is 15.0 Å². The van der Waals surface area contributed by atoms with Crippen molar-refractivity contribution in [3.05, 3.63) is 66.2 Å². The molecule has 0 aromatic heterocycles. The van der Waals surface area contributed by atoms with Crippen LogP contribution in [0.3, 0.4) is 0 Å². The van der Waals surface area contributed by atoms with Gasteiger partial charge in [0.1, 0.15) is 0 Å². The second-order valence-corrected chi connectivity index (χ2v) is 6.90. The third-order valence-corrected chi connectivity index (χ3v) is 4.86. The molecule has 0 aliphatic heterocycles. The molecule has 0 aliphatic rings. The Balaban J connectivity index is 2.10. The summed E-state index contributed by atoms with van der Waals surface area (Å²) in [5.74, 6) is 0. The summed E-state index contributed by atoms with van der Waals surface area (Å²) in [5, 5.41) is 6.18. The fraction of sp³-hybridized carbons (Fsp3) is 0.250. The first kappa shape index (κ1) is 13.2. The van der Waals surface area contributed by atoms with Gasteiger partial charge in [0.05, 0.1) is 0 Å². The van der Waals surface area contributed by atoms with Crippen LogP contribution in [-0.2, 0) is 0 Å². The van der Waals surface area contributed by atoms with Crippen molar-refractivity contribution in [3.63, 3.8) is 0 Å².